The van der Waals surface area contributed by atoms with Gasteiger partial charge in [-0.2, -0.15) is 0 Å². The van der Waals surface area contributed by atoms with Crippen LogP contribution in [0.25, 0.3) is 0 Å². The van der Waals surface area contributed by atoms with Gasteiger partial charge in [-0.15, -0.1) is 0 Å². The summed E-state index contributed by atoms with van der Waals surface area (Å²) >= 11 is 0. The average Bonchev–Trinajstić information content (AvgIpc) is 2.47. The fourth-order valence-corrected chi connectivity index (χ4v) is 1.30. The molecule has 1 fully saturated rings. The minimum Gasteiger partial charge on any atom is -0.317 e. The normalized spacial score (nSPS) is 36.3. The van der Waals surface area contributed by atoms with Gasteiger partial charge in [0, 0.05) is 6.04 Å². The van der Waals surface area contributed by atoms with Crippen LogP contribution in [0.2, 0.25) is 0 Å². The van der Waals surface area contributed by atoms with Crippen LogP contribution in [-0.4, -0.2) is 13.1 Å². The molecule has 0 amide bonds. The topological polar surface area (TPSA) is 12.0 Å². The van der Waals surface area contributed by atoms with Crippen LogP contribution >= 0.6 is 0 Å². The second-order valence-corrected chi connectivity index (χ2v) is 3.40. The van der Waals surface area contributed by atoms with Crippen LogP contribution < -0.4 is 5.32 Å². The standard InChI is InChI=1S/C8H17N/c1-6-4-8(6)5-7(2)9-3/h6-9H,4-5H2,1-3H3/t6-,7+,8?/m0/s1. The van der Waals surface area contributed by atoms with Gasteiger partial charge >= 0.3 is 0 Å². The molecular weight excluding hydrogens is 110 g/mol. The zero-order valence-corrected chi connectivity index (χ0v) is 6.65. The van der Waals surface area contributed by atoms with Gasteiger partial charge in [0.2, 0.25) is 0 Å². The Morgan fingerprint density at radius 1 is 1.67 bits per heavy atom. The van der Waals surface area contributed by atoms with Gasteiger partial charge < -0.3 is 5.32 Å². The Morgan fingerprint density at radius 3 is 2.56 bits per heavy atom. The summed E-state index contributed by atoms with van der Waals surface area (Å²) in [5.41, 5.74) is 0. The lowest BCUT2D eigenvalue weighted by Crippen LogP contribution is -2.21. The molecule has 0 aromatic carbocycles. The van der Waals surface area contributed by atoms with E-state index in [1.165, 1.54) is 12.8 Å². The van der Waals surface area contributed by atoms with Crippen molar-refractivity contribution in [3.8, 4) is 0 Å². The van der Waals surface area contributed by atoms with E-state index < -0.39 is 0 Å². The van der Waals surface area contributed by atoms with Gasteiger partial charge in [-0.1, -0.05) is 6.92 Å². The van der Waals surface area contributed by atoms with Crippen LogP contribution in [0.5, 0.6) is 0 Å². The maximum Gasteiger partial charge on any atom is 0.00384 e. The van der Waals surface area contributed by atoms with E-state index in [0.717, 1.165) is 17.9 Å². The minimum absolute atomic E-state index is 0.722. The molecule has 1 nitrogen and oxygen atoms in total. The smallest absolute Gasteiger partial charge is 0.00384 e. The zero-order chi connectivity index (χ0) is 6.85. The lowest BCUT2D eigenvalue weighted by molar-refractivity contribution is 0.513. The maximum atomic E-state index is 3.26. The van der Waals surface area contributed by atoms with Crippen molar-refractivity contribution in [2.45, 2.75) is 32.7 Å². The third-order valence-electron chi connectivity index (χ3n) is 2.43. The molecule has 1 heteroatoms. The second kappa shape index (κ2) is 2.70. The highest BCUT2D eigenvalue weighted by molar-refractivity contribution is 4.84. The van der Waals surface area contributed by atoms with E-state index in [1.54, 1.807) is 0 Å². The number of nitrogens with one attached hydrogen (secondary N) is 1. The molecule has 0 aromatic heterocycles. The van der Waals surface area contributed by atoms with Gasteiger partial charge in [0.05, 0.1) is 0 Å². The summed E-state index contributed by atoms with van der Waals surface area (Å²) in [6.07, 6.45) is 2.84. The highest BCUT2D eigenvalue weighted by Gasteiger charge is 2.32. The van der Waals surface area contributed by atoms with Crippen LogP contribution in [0.15, 0.2) is 0 Å². The molecule has 0 aromatic rings. The Labute approximate surface area is 57.8 Å². The van der Waals surface area contributed by atoms with Crippen molar-refractivity contribution in [2.24, 2.45) is 11.8 Å². The summed E-state index contributed by atoms with van der Waals surface area (Å²) in [4.78, 5) is 0. The van der Waals surface area contributed by atoms with E-state index in [-0.39, 0.29) is 0 Å². The molecule has 54 valence electrons. The monoisotopic (exact) mass is 127 g/mol. The Morgan fingerprint density at radius 2 is 2.22 bits per heavy atom. The van der Waals surface area contributed by atoms with Crippen molar-refractivity contribution >= 4 is 0 Å². The van der Waals surface area contributed by atoms with E-state index in [9.17, 15) is 0 Å². The van der Waals surface area contributed by atoms with Crippen LogP contribution in [0.4, 0.5) is 0 Å². The van der Waals surface area contributed by atoms with Crippen molar-refractivity contribution in [3.63, 3.8) is 0 Å². The summed E-state index contributed by atoms with van der Waals surface area (Å²) in [6, 6.07) is 0.722. The summed E-state index contributed by atoms with van der Waals surface area (Å²) < 4.78 is 0. The average molecular weight is 127 g/mol. The van der Waals surface area contributed by atoms with Gasteiger partial charge in [-0.05, 0) is 38.6 Å². The molecule has 1 saturated carbocycles. The molecule has 3 atom stereocenters. The van der Waals surface area contributed by atoms with Gasteiger partial charge in [0.15, 0.2) is 0 Å². The minimum atomic E-state index is 0.722. The highest BCUT2D eigenvalue weighted by atomic mass is 14.9. The van der Waals surface area contributed by atoms with Crippen molar-refractivity contribution in [1.29, 1.82) is 0 Å². The number of hydrogen-bond donors (Lipinski definition) is 1. The Hall–Kier alpha value is -0.0400. The van der Waals surface area contributed by atoms with Crippen molar-refractivity contribution in [3.05, 3.63) is 0 Å². The highest BCUT2D eigenvalue weighted by Crippen LogP contribution is 2.41. The third-order valence-corrected chi connectivity index (χ3v) is 2.43. The molecule has 0 bridgehead atoms. The van der Waals surface area contributed by atoms with E-state index in [0.29, 0.717) is 0 Å². The molecule has 1 aliphatic rings. The Bertz CT molecular complexity index is 88.6. The molecule has 1 aliphatic carbocycles. The largest absolute Gasteiger partial charge is 0.317 e. The van der Waals surface area contributed by atoms with Gasteiger partial charge in [-0.3, -0.25) is 0 Å². The molecule has 1 unspecified atom stereocenters. The first-order valence-corrected chi connectivity index (χ1v) is 3.91. The lowest BCUT2D eigenvalue weighted by atomic mass is 10.1. The molecule has 1 N–H and O–H groups in total. The van der Waals surface area contributed by atoms with E-state index in [4.69, 9.17) is 0 Å². The van der Waals surface area contributed by atoms with Gasteiger partial charge in [-0.25, -0.2) is 0 Å². The van der Waals surface area contributed by atoms with Crippen molar-refractivity contribution < 1.29 is 0 Å². The van der Waals surface area contributed by atoms with Gasteiger partial charge in [0.1, 0.15) is 0 Å². The fraction of sp³-hybridized carbons (Fsp3) is 1.00. The number of rotatable bonds is 3. The first-order chi connectivity index (χ1) is 4.24. The zero-order valence-electron chi connectivity index (χ0n) is 6.65. The first kappa shape index (κ1) is 7.07. The molecular formula is C8H17N. The van der Waals surface area contributed by atoms with Crippen LogP contribution in [0, 0.1) is 11.8 Å². The molecule has 1 rings (SSSR count). The summed E-state index contributed by atoms with van der Waals surface area (Å²) in [5, 5.41) is 3.26. The Kier molecular flexibility index (Phi) is 2.12. The molecule has 0 spiro atoms. The van der Waals surface area contributed by atoms with Crippen molar-refractivity contribution in [1.82, 2.24) is 5.32 Å². The lowest BCUT2D eigenvalue weighted by Gasteiger charge is -2.07. The van der Waals surface area contributed by atoms with Crippen LogP contribution in [-0.2, 0) is 0 Å². The molecule has 0 heterocycles. The van der Waals surface area contributed by atoms with Gasteiger partial charge in [0.25, 0.3) is 0 Å². The van der Waals surface area contributed by atoms with Crippen LogP contribution in [0.1, 0.15) is 26.7 Å². The quantitative estimate of drug-likeness (QED) is 0.607. The molecule has 0 radical (unpaired) electrons. The summed E-state index contributed by atoms with van der Waals surface area (Å²) in [7, 11) is 2.04. The van der Waals surface area contributed by atoms with E-state index in [1.807, 2.05) is 7.05 Å². The van der Waals surface area contributed by atoms with Crippen molar-refractivity contribution in [2.75, 3.05) is 7.05 Å². The maximum absolute atomic E-state index is 3.26. The molecule has 9 heavy (non-hydrogen) atoms. The van der Waals surface area contributed by atoms with E-state index in [2.05, 4.69) is 19.2 Å². The Balaban J connectivity index is 2.05. The molecule has 0 aliphatic heterocycles. The fourth-order valence-electron chi connectivity index (χ4n) is 1.30. The summed E-state index contributed by atoms with van der Waals surface area (Å²) in [6.45, 7) is 4.60. The van der Waals surface area contributed by atoms with E-state index >= 15 is 0 Å². The van der Waals surface area contributed by atoms with Crippen LogP contribution in [0.3, 0.4) is 0 Å². The second-order valence-electron chi connectivity index (χ2n) is 3.40. The predicted octanol–water partition coefficient (Wildman–Crippen LogP) is 1.64. The predicted molar refractivity (Wildman–Crippen MR) is 40.4 cm³/mol. The first-order valence-electron chi connectivity index (χ1n) is 3.91. The summed E-state index contributed by atoms with van der Waals surface area (Å²) in [5.74, 6) is 2.05. The third kappa shape index (κ3) is 1.98. The SMILES string of the molecule is CN[C@H](C)CC1C[C@@H]1C. The number of hydrogen-bond acceptors (Lipinski definition) is 1. The molecule has 0 saturated heterocycles.